The fourth-order valence-corrected chi connectivity index (χ4v) is 3.94. The van der Waals surface area contributed by atoms with Crippen LogP contribution in [0.4, 0.5) is 0 Å². The maximum Gasteiger partial charge on any atom is 0.336 e. The number of nitrogens with one attached hydrogen (secondary N) is 1. The average Bonchev–Trinajstić information content (AvgIpc) is 2.99. The lowest BCUT2D eigenvalue weighted by molar-refractivity contribution is -0.138. The molecular formula is C23H21NO4. The van der Waals surface area contributed by atoms with Gasteiger partial charge in [-0.05, 0) is 31.5 Å². The van der Waals surface area contributed by atoms with E-state index in [0.717, 1.165) is 16.8 Å². The van der Waals surface area contributed by atoms with Crippen molar-refractivity contribution in [1.29, 1.82) is 0 Å². The molecule has 1 heterocycles. The van der Waals surface area contributed by atoms with E-state index in [-0.39, 0.29) is 12.4 Å². The van der Waals surface area contributed by atoms with Crippen LogP contribution in [0.3, 0.4) is 0 Å². The number of hydrogen-bond acceptors (Lipinski definition) is 5. The summed E-state index contributed by atoms with van der Waals surface area (Å²) in [5.41, 5.74) is 4.87. The van der Waals surface area contributed by atoms with Crippen molar-refractivity contribution >= 4 is 17.4 Å². The number of allylic oxidation sites excluding steroid dienone is 2. The van der Waals surface area contributed by atoms with Crippen molar-refractivity contribution in [2.75, 3.05) is 13.7 Å². The number of carbonyl (C=O) groups is 2. The molecule has 5 heteroatoms. The van der Waals surface area contributed by atoms with Gasteiger partial charge in [-0.3, -0.25) is 4.79 Å². The van der Waals surface area contributed by atoms with Gasteiger partial charge in [0.1, 0.15) is 5.75 Å². The molecule has 0 aromatic heterocycles. The zero-order valence-electron chi connectivity index (χ0n) is 16.0. The summed E-state index contributed by atoms with van der Waals surface area (Å²) in [6, 6.07) is 15.0. The van der Waals surface area contributed by atoms with Gasteiger partial charge in [0, 0.05) is 28.3 Å². The van der Waals surface area contributed by atoms with Gasteiger partial charge >= 0.3 is 5.97 Å². The Morgan fingerprint density at radius 1 is 1.07 bits per heavy atom. The SMILES string of the molecule is CCOC(=O)C1=C(C)NC2=C(C(=O)c3ccccc32)[C@@H]1c1ccc(OC)cc1. The molecule has 2 aliphatic rings. The Morgan fingerprint density at radius 3 is 2.39 bits per heavy atom. The molecule has 1 aliphatic carbocycles. The van der Waals surface area contributed by atoms with Crippen molar-refractivity contribution in [3.63, 3.8) is 0 Å². The number of carbonyl (C=O) groups excluding carboxylic acids is 2. The number of ketones is 1. The molecule has 1 aliphatic heterocycles. The molecule has 1 atom stereocenters. The predicted molar refractivity (Wildman–Crippen MR) is 106 cm³/mol. The third kappa shape index (κ3) is 2.71. The standard InChI is InChI=1S/C23H21NO4/c1-4-28-23(26)18-13(2)24-21-16-7-5-6-8-17(16)22(25)20(21)19(18)14-9-11-15(27-3)12-10-14/h5-12,19,24H,4H2,1-3H3/t19-/m1/s1. The molecule has 5 nitrogen and oxygen atoms in total. The fraction of sp³-hybridized carbons (Fsp3) is 0.217. The molecule has 1 N–H and O–H groups in total. The van der Waals surface area contributed by atoms with Crippen molar-refractivity contribution in [2.45, 2.75) is 19.8 Å². The zero-order valence-corrected chi connectivity index (χ0v) is 16.0. The van der Waals surface area contributed by atoms with Crippen molar-refractivity contribution in [3.8, 4) is 5.75 Å². The van der Waals surface area contributed by atoms with Crippen molar-refractivity contribution in [1.82, 2.24) is 5.32 Å². The minimum atomic E-state index is -0.499. The van der Waals surface area contributed by atoms with Crippen LogP contribution in [0.25, 0.3) is 5.70 Å². The molecule has 28 heavy (non-hydrogen) atoms. The van der Waals surface area contributed by atoms with Crippen LogP contribution in [0.1, 0.15) is 41.3 Å². The van der Waals surface area contributed by atoms with E-state index >= 15 is 0 Å². The first-order valence-corrected chi connectivity index (χ1v) is 9.24. The number of fused-ring (bicyclic) bond motifs is 2. The summed E-state index contributed by atoms with van der Waals surface area (Å²) >= 11 is 0. The van der Waals surface area contributed by atoms with Gasteiger partial charge < -0.3 is 14.8 Å². The van der Waals surface area contributed by atoms with Gasteiger partial charge in [0.25, 0.3) is 0 Å². The molecule has 0 bridgehead atoms. The molecule has 4 rings (SSSR count). The first-order valence-electron chi connectivity index (χ1n) is 9.24. The van der Waals surface area contributed by atoms with Gasteiger partial charge in [-0.2, -0.15) is 0 Å². The number of esters is 1. The molecule has 2 aromatic carbocycles. The highest BCUT2D eigenvalue weighted by molar-refractivity contribution is 6.23. The lowest BCUT2D eigenvalue weighted by atomic mass is 9.80. The molecule has 0 saturated carbocycles. The third-order valence-corrected chi connectivity index (χ3v) is 5.19. The second kappa shape index (κ2) is 7.00. The van der Waals surface area contributed by atoms with E-state index in [1.807, 2.05) is 55.5 Å². The lowest BCUT2D eigenvalue weighted by Gasteiger charge is -2.29. The van der Waals surface area contributed by atoms with Gasteiger partial charge in [-0.15, -0.1) is 0 Å². The minimum absolute atomic E-state index is 0.0618. The van der Waals surface area contributed by atoms with Crippen LogP contribution in [0.2, 0.25) is 0 Å². The van der Waals surface area contributed by atoms with Gasteiger partial charge in [-0.25, -0.2) is 4.79 Å². The van der Waals surface area contributed by atoms with Crippen LogP contribution in [0.5, 0.6) is 5.75 Å². The van der Waals surface area contributed by atoms with Crippen molar-refractivity contribution in [3.05, 3.63) is 82.1 Å². The highest BCUT2D eigenvalue weighted by Gasteiger charge is 2.42. The Hall–Kier alpha value is -3.34. The molecule has 0 amide bonds. The highest BCUT2D eigenvalue weighted by Crippen LogP contribution is 2.46. The predicted octanol–water partition coefficient (Wildman–Crippen LogP) is 3.83. The highest BCUT2D eigenvalue weighted by atomic mass is 16.5. The van der Waals surface area contributed by atoms with E-state index in [1.54, 1.807) is 14.0 Å². The number of Topliss-reactive ketones (excluding diaryl/α,β-unsaturated/α-hetero) is 1. The molecule has 0 radical (unpaired) electrons. The fourth-order valence-electron chi connectivity index (χ4n) is 3.94. The first kappa shape index (κ1) is 18.0. The number of rotatable bonds is 4. The number of benzene rings is 2. The van der Waals surface area contributed by atoms with Crippen LogP contribution in [0, 0.1) is 0 Å². The Morgan fingerprint density at radius 2 is 1.75 bits per heavy atom. The summed E-state index contributed by atoms with van der Waals surface area (Å²) in [4.78, 5) is 26.1. The Kier molecular flexibility index (Phi) is 4.51. The maximum absolute atomic E-state index is 13.3. The molecule has 0 saturated heterocycles. The zero-order chi connectivity index (χ0) is 19.8. The Labute approximate surface area is 163 Å². The smallest absolute Gasteiger partial charge is 0.336 e. The minimum Gasteiger partial charge on any atom is -0.497 e. The summed E-state index contributed by atoms with van der Waals surface area (Å²) in [5.74, 6) is -0.260. The summed E-state index contributed by atoms with van der Waals surface area (Å²) in [7, 11) is 1.60. The number of ether oxygens (including phenoxy) is 2. The van der Waals surface area contributed by atoms with Gasteiger partial charge in [0.05, 0.1) is 25.0 Å². The number of hydrogen-bond donors (Lipinski definition) is 1. The Bertz CT molecular complexity index is 1030. The summed E-state index contributed by atoms with van der Waals surface area (Å²) in [6.07, 6.45) is 0. The second-order valence-corrected chi connectivity index (χ2v) is 6.75. The van der Waals surface area contributed by atoms with Crippen LogP contribution in [-0.4, -0.2) is 25.5 Å². The van der Waals surface area contributed by atoms with Crippen LogP contribution in [0.15, 0.2) is 65.4 Å². The number of methoxy groups -OCH3 is 1. The van der Waals surface area contributed by atoms with E-state index in [0.29, 0.717) is 28.2 Å². The molecule has 0 unspecified atom stereocenters. The molecule has 0 spiro atoms. The van der Waals surface area contributed by atoms with Gasteiger partial charge in [0.2, 0.25) is 0 Å². The average molecular weight is 375 g/mol. The quantitative estimate of drug-likeness (QED) is 0.823. The van der Waals surface area contributed by atoms with Crippen molar-refractivity contribution in [2.24, 2.45) is 0 Å². The van der Waals surface area contributed by atoms with E-state index < -0.39 is 11.9 Å². The largest absolute Gasteiger partial charge is 0.497 e. The normalized spacial score (nSPS) is 17.8. The monoisotopic (exact) mass is 375 g/mol. The molecular weight excluding hydrogens is 354 g/mol. The van der Waals surface area contributed by atoms with Gasteiger partial charge in [-0.1, -0.05) is 36.4 Å². The van der Waals surface area contributed by atoms with Crippen LogP contribution >= 0.6 is 0 Å². The van der Waals surface area contributed by atoms with Gasteiger partial charge in [0.15, 0.2) is 5.78 Å². The van der Waals surface area contributed by atoms with Crippen LogP contribution in [-0.2, 0) is 9.53 Å². The molecule has 2 aromatic rings. The summed E-state index contributed by atoms with van der Waals surface area (Å²) < 4.78 is 10.6. The van der Waals surface area contributed by atoms with Crippen LogP contribution < -0.4 is 10.1 Å². The number of dihydropyridines is 1. The third-order valence-electron chi connectivity index (χ3n) is 5.19. The Balaban J connectivity index is 1.90. The van der Waals surface area contributed by atoms with E-state index in [4.69, 9.17) is 9.47 Å². The summed E-state index contributed by atoms with van der Waals surface area (Å²) in [5, 5.41) is 3.29. The summed E-state index contributed by atoms with van der Waals surface area (Å²) in [6.45, 7) is 3.89. The second-order valence-electron chi connectivity index (χ2n) is 6.75. The van der Waals surface area contributed by atoms with E-state index in [1.165, 1.54) is 0 Å². The van der Waals surface area contributed by atoms with Crippen molar-refractivity contribution < 1.29 is 19.1 Å². The first-order chi connectivity index (χ1) is 13.6. The molecule has 142 valence electrons. The van der Waals surface area contributed by atoms with E-state index in [9.17, 15) is 9.59 Å². The maximum atomic E-state index is 13.3. The topological polar surface area (TPSA) is 64.6 Å². The molecule has 0 fully saturated rings. The lowest BCUT2D eigenvalue weighted by Crippen LogP contribution is -2.29. The van der Waals surface area contributed by atoms with E-state index in [2.05, 4.69) is 5.32 Å².